The molecule has 0 saturated heterocycles. The Bertz CT molecular complexity index is 374. The first-order valence-electron chi connectivity index (χ1n) is 6.21. The van der Waals surface area contributed by atoms with E-state index in [0.29, 0.717) is 0 Å². The molecule has 0 radical (unpaired) electrons. The molecule has 1 unspecified atom stereocenters. The SMILES string of the molecule is C=Cc1ccc(C(O)OC2(C)CCCC2)cc1. The van der Waals surface area contributed by atoms with Crippen LogP contribution in [0.15, 0.2) is 30.8 Å². The second-order valence-corrected chi connectivity index (χ2v) is 5.00. The number of rotatable bonds is 4. The first kappa shape index (κ1) is 12.3. The zero-order valence-electron chi connectivity index (χ0n) is 10.4. The summed E-state index contributed by atoms with van der Waals surface area (Å²) in [7, 11) is 0. The molecule has 1 saturated carbocycles. The van der Waals surface area contributed by atoms with E-state index >= 15 is 0 Å². The van der Waals surface area contributed by atoms with Crippen LogP contribution in [0.25, 0.3) is 6.08 Å². The first-order valence-corrected chi connectivity index (χ1v) is 6.21. The zero-order valence-corrected chi connectivity index (χ0v) is 10.4. The van der Waals surface area contributed by atoms with Crippen molar-refractivity contribution >= 4 is 6.08 Å². The lowest BCUT2D eigenvalue weighted by Crippen LogP contribution is -2.26. The van der Waals surface area contributed by atoms with Crippen LogP contribution in [0.3, 0.4) is 0 Å². The summed E-state index contributed by atoms with van der Waals surface area (Å²) in [6.07, 6.45) is 5.42. The minimum Gasteiger partial charge on any atom is -0.364 e. The average Bonchev–Trinajstić information content (AvgIpc) is 2.76. The van der Waals surface area contributed by atoms with Gasteiger partial charge in [-0.1, -0.05) is 49.8 Å². The standard InChI is InChI=1S/C15H20O2/c1-3-12-6-8-13(9-7-12)14(16)17-15(2)10-4-5-11-15/h3,6-9,14,16H,1,4-5,10-11H2,2H3. The molecule has 0 amide bonds. The lowest BCUT2D eigenvalue weighted by Gasteiger charge is -2.27. The topological polar surface area (TPSA) is 29.5 Å². The van der Waals surface area contributed by atoms with Crippen LogP contribution in [0, 0.1) is 0 Å². The Kier molecular flexibility index (Phi) is 3.65. The first-order chi connectivity index (χ1) is 8.13. The normalized spacial score (nSPS) is 20.1. The molecule has 1 aliphatic rings. The number of aliphatic hydroxyl groups excluding tert-OH is 1. The molecular weight excluding hydrogens is 212 g/mol. The highest BCUT2D eigenvalue weighted by Gasteiger charge is 2.32. The Morgan fingerprint density at radius 1 is 1.29 bits per heavy atom. The molecule has 1 atom stereocenters. The van der Waals surface area contributed by atoms with Crippen molar-refractivity contribution in [2.45, 2.75) is 44.5 Å². The highest BCUT2D eigenvalue weighted by molar-refractivity contribution is 5.47. The molecule has 17 heavy (non-hydrogen) atoms. The zero-order chi connectivity index (χ0) is 12.3. The predicted octanol–water partition coefficient (Wildman–Crippen LogP) is 3.67. The number of benzene rings is 1. The Labute approximate surface area is 103 Å². The molecule has 1 fully saturated rings. The van der Waals surface area contributed by atoms with E-state index in [1.165, 1.54) is 12.8 Å². The van der Waals surface area contributed by atoms with E-state index in [2.05, 4.69) is 13.5 Å². The fourth-order valence-electron chi connectivity index (χ4n) is 2.38. The number of ether oxygens (including phenoxy) is 1. The molecule has 1 N–H and O–H groups in total. The lowest BCUT2D eigenvalue weighted by molar-refractivity contribution is -0.180. The molecule has 0 aromatic heterocycles. The van der Waals surface area contributed by atoms with Crippen LogP contribution in [0.4, 0.5) is 0 Å². The number of hydrogen-bond donors (Lipinski definition) is 1. The van der Waals surface area contributed by atoms with Crippen molar-refractivity contribution in [3.63, 3.8) is 0 Å². The van der Waals surface area contributed by atoms with Gasteiger partial charge in [0, 0.05) is 5.56 Å². The Balaban J connectivity index is 2.03. The summed E-state index contributed by atoms with van der Waals surface area (Å²) in [5.74, 6) is 0. The highest BCUT2D eigenvalue weighted by atomic mass is 16.6. The Morgan fingerprint density at radius 2 is 1.88 bits per heavy atom. The van der Waals surface area contributed by atoms with Gasteiger partial charge in [0.15, 0.2) is 6.29 Å². The third-order valence-electron chi connectivity index (χ3n) is 3.51. The van der Waals surface area contributed by atoms with Gasteiger partial charge in [-0.15, -0.1) is 0 Å². The van der Waals surface area contributed by atoms with E-state index < -0.39 is 6.29 Å². The molecule has 1 aromatic rings. The van der Waals surface area contributed by atoms with Gasteiger partial charge in [-0.2, -0.15) is 0 Å². The van der Waals surface area contributed by atoms with Gasteiger partial charge in [0.25, 0.3) is 0 Å². The molecule has 1 aliphatic carbocycles. The van der Waals surface area contributed by atoms with E-state index in [1.807, 2.05) is 24.3 Å². The fourth-order valence-corrected chi connectivity index (χ4v) is 2.38. The molecule has 2 rings (SSSR count). The number of hydrogen-bond acceptors (Lipinski definition) is 2. The van der Waals surface area contributed by atoms with Crippen LogP contribution in [0.2, 0.25) is 0 Å². The second kappa shape index (κ2) is 5.03. The molecule has 0 spiro atoms. The van der Waals surface area contributed by atoms with Crippen LogP contribution in [-0.4, -0.2) is 10.7 Å². The molecule has 0 aliphatic heterocycles. The van der Waals surface area contributed by atoms with E-state index in [4.69, 9.17) is 4.74 Å². The van der Waals surface area contributed by atoms with E-state index in [0.717, 1.165) is 24.0 Å². The van der Waals surface area contributed by atoms with Gasteiger partial charge in [-0.25, -0.2) is 0 Å². The predicted molar refractivity (Wildman–Crippen MR) is 69.5 cm³/mol. The maximum absolute atomic E-state index is 10.1. The van der Waals surface area contributed by atoms with Gasteiger partial charge in [0.2, 0.25) is 0 Å². The van der Waals surface area contributed by atoms with Crippen molar-refractivity contribution in [1.29, 1.82) is 0 Å². The van der Waals surface area contributed by atoms with Gasteiger partial charge in [0.1, 0.15) is 0 Å². The Morgan fingerprint density at radius 3 is 2.41 bits per heavy atom. The summed E-state index contributed by atoms with van der Waals surface area (Å²) >= 11 is 0. The van der Waals surface area contributed by atoms with E-state index in [-0.39, 0.29) is 5.60 Å². The second-order valence-electron chi connectivity index (χ2n) is 5.00. The molecule has 92 valence electrons. The summed E-state index contributed by atoms with van der Waals surface area (Å²) in [6.45, 7) is 5.79. The molecule has 0 heterocycles. The van der Waals surface area contributed by atoms with Crippen molar-refractivity contribution < 1.29 is 9.84 Å². The molecule has 2 heteroatoms. The number of aliphatic hydroxyl groups is 1. The van der Waals surface area contributed by atoms with Gasteiger partial charge < -0.3 is 9.84 Å². The summed E-state index contributed by atoms with van der Waals surface area (Å²) in [5.41, 5.74) is 1.70. The van der Waals surface area contributed by atoms with Gasteiger partial charge in [-0.3, -0.25) is 0 Å². The van der Waals surface area contributed by atoms with Gasteiger partial charge in [0.05, 0.1) is 5.60 Å². The lowest BCUT2D eigenvalue weighted by atomic mass is 10.1. The quantitative estimate of drug-likeness (QED) is 0.803. The van der Waals surface area contributed by atoms with Crippen molar-refractivity contribution in [3.8, 4) is 0 Å². The van der Waals surface area contributed by atoms with Gasteiger partial charge >= 0.3 is 0 Å². The van der Waals surface area contributed by atoms with Gasteiger partial charge in [-0.05, 0) is 25.3 Å². The van der Waals surface area contributed by atoms with Crippen LogP contribution in [0.5, 0.6) is 0 Å². The van der Waals surface area contributed by atoms with Crippen LogP contribution in [0.1, 0.15) is 50.0 Å². The minimum atomic E-state index is -0.822. The summed E-state index contributed by atoms with van der Waals surface area (Å²) in [6, 6.07) is 7.65. The maximum Gasteiger partial charge on any atom is 0.181 e. The summed E-state index contributed by atoms with van der Waals surface area (Å²) < 4.78 is 5.79. The fraction of sp³-hybridized carbons (Fsp3) is 0.467. The van der Waals surface area contributed by atoms with Crippen molar-refractivity contribution in [2.24, 2.45) is 0 Å². The van der Waals surface area contributed by atoms with E-state index in [9.17, 15) is 5.11 Å². The molecule has 0 bridgehead atoms. The summed E-state index contributed by atoms with van der Waals surface area (Å²) in [5, 5.41) is 10.1. The largest absolute Gasteiger partial charge is 0.364 e. The molecule has 1 aromatic carbocycles. The third kappa shape index (κ3) is 2.96. The average molecular weight is 232 g/mol. The minimum absolute atomic E-state index is 0.156. The van der Waals surface area contributed by atoms with E-state index in [1.54, 1.807) is 6.08 Å². The molecule has 2 nitrogen and oxygen atoms in total. The maximum atomic E-state index is 10.1. The van der Waals surface area contributed by atoms with Crippen molar-refractivity contribution in [3.05, 3.63) is 42.0 Å². The third-order valence-corrected chi connectivity index (χ3v) is 3.51. The highest BCUT2D eigenvalue weighted by Crippen LogP contribution is 2.36. The van der Waals surface area contributed by atoms with Crippen LogP contribution in [-0.2, 0) is 4.74 Å². The monoisotopic (exact) mass is 232 g/mol. The smallest absolute Gasteiger partial charge is 0.181 e. The van der Waals surface area contributed by atoms with Crippen molar-refractivity contribution in [2.75, 3.05) is 0 Å². The summed E-state index contributed by atoms with van der Waals surface area (Å²) in [4.78, 5) is 0. The van der Waals surface area contributed by atoms with Crippen molar-refractivity contribution in [1.82, 2.24) is 0 Å². The Hall–Kier alpha value is -1.12. The van der Waals surface area contributed by atoms with Crippen LogP contribution >= 0.6 is 0 Å². The van der Waals surface area contributed by atoms with Crippen LogP contribution < -0.4 is 0 Å². The molecular formula is C15H20O2.